The Kier molecular flexibility index (Phi) is 2.96. The molecule has 19 heavy (non-hydrogen) atoms. The molecule has 2 N–H and O–H groups in total. The largest absolute Gasteiger partial charge is 0.337 e. The minimum Gasteiger partial charge on any atom is -0.337 e. The molecule has 0 bridgehead atoms. The number of aromatic amines is 1. The van der Waals surface area contributed by atoms with Gasteiger partial charge in [-0.3, -0.25) is 5.10 Å². The van der Waals surface area contributed by atoms with Crippen molar-refractivity contribution in [1.29, 1.82) is 0 Å². The second-order valence-electron chi connectivity index (χ2n) is 3.72. The van der Waals surface area contributed by atoms with Gasteiger partial charge in [-0.25, -0.2) is 4.39 Å². The molecule has 2 aromatic heterocycles. The Labute approximate surface area is 116 Å². The molecule has 0 saturated heterocycles. The van der Waals surface area contributed by atoms with Crippen molar-refractivity contribution in [1.82, 2.24) is 20.2 Å². The molecule has 96 valence electrons. The highest BCUT2D eigenvalue weighted by Gasteiger charge is 2.11. The van der Waals surface area contributed by atoms with Gasteiger partial charge in [-0.1, -0.05) is 11.6 Å². The van der Waals surface area contributed by atoms with E-state index in [0.717, 1.165) is 0 Å². The summed E-state index contributed by atoms with van der Waals surface area (Å²) in [6.07, 6.45) is 1.53. The number of benzene rings is 1. The molecule has 1 aromatic carbocycles. The van der Waals surface area contributed by atoms with Crippen LogP contribution in [0.4, 0.5) is 15.9 Å². The quantitative estimate of drug-likeness (QED) is 0.710. The van der Waals surface area contributed by atoms with Gasteiger partial charge in [0.05, 0.1) is 17.3 Å². The van der Waals surface area contributed by atoms with Gasteiger partial charge in [0.1, 0.15) is 11.6 Å². The molecule has 0 unspecified atom stereocenters. The second-order valence-corrected chi connectivity index (χ2v) is 4.50. The summed E-state index contributed by atoms with van der Waals surface area (Å²) in [7, 11) is 0. The highest BCUT2D eigenvalue weighted by atomic mass is 35.5. The first kappa shape index (κ1) is 12.1. The number of halogens is 3. The van der Waals surface area contributed by atoms with E-state index < -0.39 is 5.82 Å². The van der Waals surface area contributed by atoms with Crippen molar-refractivity contribution in [2.45, 2.75) is 0 Å². The molecule has 0 saturated carbocycles. The average Bonchev–Trinajstić information content (AvgIpc) is 2.80. The molecular weight excluding hydrogens is 292 g/mol. The van der Waals surface area contributed by atoms with Gasteiger partial charge < -0.3 is 5.32 Å². The molecule has 5 nitrogen and oxygen atoms in total. The van der Waals surface area contributed by atoms with Crippen molar-refractivity contribution in [2.24, 2.45) is 0 Å². The number of nitrogens with zero attached hydrogens (tertiary/aromatic N) is 3. The van der Waals surface area contributed by atoms with E-state index in [-0.39, 0.29) is 11.0 Å². The van der Waals surface area contributed by atoms with Gasteiger partial charge in [0.2, 0.25) is 5.28 Å². The molecule has 3 aromatic rings. The van der Waals surface area contributed by atoms with E-state index >= 15 is 0 Å². The summed E-state index contributed by atoms with van der Waals surface area (Å²) in [6, 6.07) is 4.29. The summed E-state index contributed by atoms with van der Waals surface area (Å²) in [6.45, 7) is 0. The van der Waals surface area contributed by atoms with E-state index in [2.05, 4.69) is 25.5 Å². The lowest BCUT2D eigenvalue weighted by molar-refractivity contribution is 0.632. The molecule has 3 rings (SSSR count). The van der Waals surface area contributed by atoms with Crippen molar-refractivity contribution in [3.05, 3.63) is 40.5 Å². The predicted octanol–water partition coefficient (Wildman–Crippen LogP) is 3.54. The smallest absolute Gasteiger partial charge is 0.226 e. The summed E-state index contributed by atoms with van der Waals surface area (Å²) in [5.74, 6) is -0.121. The van der Waals surface area contributed by atoms with Gasteiger partial charge in [-0.15, -0.1) is 0 Å². The zero-order chi connectivity index (χ0) is 13.4. The summed E-state index contributed by atoms with van der Waals surface area (Å²) in [5, 5.41) is 10.3. The van der Waals surface area contributed by atoms with Crippen LogP contribution < -0.4 is 5.32 Å². The Morgan fingerprint density at radius 2 is 2.05 bits per heavy atom. The molecule has 0 amide bonds. The molecule has 0 atom stereocenters. The summed E-state index contributed by atoms with van der Waals surface area (Å²) in [4.78, 5) is 7.97. The standard InChI is InChI=1S/C11H6Cl2FN5/c12-5-1-2-8(7(14)3-5)16-9-6-4-15-19-10(6)18-11(13)17-9/h1-4H,(H2,15,16,17,18,19). The summed E-state index contributed by atoms with van der Waals surface area (Å²) in [5.41, 5.74) is 0.707. The molecular formula is C11H6Cl2FN5. The first-order valence-electron chi connectivity index (χ1n) is 5.22. The maximum Gasteiger partial charge on any atom is 0.226 e. The average molecular weight is 298 g/mol. The minimum atomic E-state index is -0.487. The van der Waals surface area contributed by atoms with Crippen LogP contribution in [0.2, 0.25) is 10.3 Å². The van der Waals surface area contributed by atoms with Crippen LogP contribution >= 0.6 is 23.2 Å². The molecule has 0 aliphatic rings. The van der Waals surface area contributed by atoms with Crippen LogP contribution in [0.3, 0.4) is 0 Å². The first-order valence-corrected chi connectivity index (χ1v) is 5.98. The molecule has 0 aliphatic heterocycles. The maximum atomic E-state index is 13.7. The van der Waals surface area contributed by atoms with Gasteiger partial charge in [-0.05, 0) is 29.8 Å². The minimum absolute atomic E-state index is 0.0358. The van der Waals surface area contributed by atoms with E-state index in [1.807, 2.05) is 0 Å². The molecule has 0 fully saturated rings. The third-order valence-corrected chi connectivity index (χ3v) is 2.87. The first-order chi connectivity index (χ1) is 9.13. The Morgan fingerprint density at radius 1 is 1.21 bits per heavy atom. The van der Waals surface area contributed by atoms with E-state index in [9.17, 15) is 4.39 Å². The Balaban J connectivity index is 2.07. The highest BCUT2D eigenvalue weighted by Crippen LogP contribution is 2.26. The lowest BCUT2D eigenvalue weighted by atomic mass is 10.3. The van der Waals surface area contributed by atoms with E-state index in [1.54, 1.807) is 6.07 Å². The second kappa shape index (κ2) is 4.64. The fraction of sp³-hybridized carbons (Fsp3) is 0. The van der Waals surface area contributed by atoms with Crippen LogP contribution in [0.1, 0.15) is 0 Å². The number of H-pyrrole nitrogens is 1. The normalized spacial score (nSPS) is 10.9. The highest BCUT2D eigenvalue weighted by molar-refractivity contribution is 6.30. The van der Waals surface area contributed by atoms with Gasteiger partial charge in [0, 0.05) is 5.02 Å². The van der Waals surface area contributed by atoms with Gasteiger partial charge in [0.15, 0.2) is 5.65 Å². The van der Waals surface area contributed by atoms with Crippen LogP contribution in [0, 0.1) is 5.82 Å². The number of hydrogen-bond donors (Lipinski definition) is 2. The Bertz CT molecular complexity index is 758. The van der Waals surface area contributed by atoms with E-state index in [1.165, 1.54) is 18.3 Å². The van der Waals surface area contributed by atoms with E-state index in [0.29, 0.717) is 21.9 Å². The van der Waals surface area contributed by atoms with Crippen LogP contribution in [0.5, 0.6) is 0 Å². The monoisotopic (exact) mass is 297 g/mol. The topological polar surface area (TPSA) is 66.5 Å². The van der Waals surface area contributed by atoms with Gasteiger partial charge in [-0.2, -0.15) is 15.1 Å². The van der Waals surface area contributed by atoms with E-state index in [4.69, 9.17) is 23.2 Å². The fourth-order valence-electron chi connectivity index (χ4n) is 1.62. The third-order valence-electron chi connectivity index (χ3n) is 2.47. The summed E-state index contributed by atoms with van der Waals surface area (Å²) < 4.78 is 13.7. The lowest BCUT2D eigenvalue weighted by Crippen LogP contribution is -1.98. The Hall–Kier alpha value is -1.92. The molecule has 2 heterocycles. The van der Waals surface area contributed by atoms with Crippen molar-refractivity contribution in [3.63, 3.8) is 0 Å². The van der Waals surface area contributed by atoms with Crippen molar-refractivity contribution in [2.75, 3.05) is 5.32 Å². The van der Waals surface area contributed by atoms with Gasteiger partial charge >= 0.3 is 0 Å². The fourth-order valence-corrected chi connectivity index (χ4v) is 1.95. The zero-order valence-corrected chi connectivity index (χ0v) is 10.8. The lowest BCUT2D eigenvalue weighted by Gasteiger charge is -2.07. The van der Waals surface area contributed by atoms with Crippen LogP contribution in [0.25, 0.3) is 11.0 Å². The van der Waals surface area contributed by atoms with Gasteiger partial charge in [0.25, 0.3) is 0 Å². The van der Waals surface area contributed by atoms with Crippen molar-refractivity contribution >= 4 is 45.7 Å². The maximum absolute atomic E-state index is 13.7. The predicted molar refractivity (Wildman–Crippen MR) is 71.4 cm³/mol. The zero-order valence-electron chi connectivity index (χ0n) is 9.28. The number of nitrogens with one attached hydrogen (secondary N) is 2. The number of rotatable bonds is 2. The van der Waals surface area contributed by atoms with Crippen LogP contribution in [-0.2, 0) is 0 Å². The van der Waals surface area contributed by atoms with Crippen molar-refractivity contribution in [3.8, 4) is 0 Å². The number of anilines is 2. The number of hydrogen-bond acceptors (Lipinski definition) is 4. The number of fused-ring (bicyclic) bond motifs is 1. The number of aromatic nitrogens is 4. The Morgan fingerprint density at radius 3 is 2.84 bits per heavy atom. The van der Waals surface area contributed by atoms with Crippen molar-refractivity contribution < 1.29 is 4.39 Å². The summed E-state index contributed by atoms with van der Waals surface area (Å²) >= 11 is 11.5. The SMILES string of the molecule is Fc1cc(Cl)ccc1Nc1nc(Cl)nc2[nH]ncc12. The van der Waals surface area contributed by atoms with Crippen LogP contribution in [-0.4, -0.2) is 20.2 Å². The molecule has 0 spiro atoms. The molecule has 0 radical (unpaired) electrons. The van der Waals surface area contributed by atoms with Crippen LogP contribution in [0.15, 0.2) is 24.4 Å². The molecule has 8 heteroatoms. The molecule has 0 aliphatic carbocycles. The third kappa shape index (κ3) is 2.32.